The molecule has 0 bridgehead atoms. The first-order chi connectivity index (χ1) is 9.26. The van der Waals surface area contributed by atoms with E-state index in [1.54, 1.807) is 7.11 Å². The maximum Gasteiger partial charge on any atom is 0.119 e. The molecule has 0 aliphatic rings. The fraction of sp³-hybridized carbons (Fsp3) is 0.625. The highest BCUT2D eigenvalue weighted by Crippen LogP contribution is 2.12. The molecule has 1 unspecified atom stereocenters. The number of benzene rings is 1. The van der Waals surface area contributed by atoms with Crippen LogP contribution in [0.15, 0.2) is 24.3 Å². The number of unbranched alkanes of at least 4 members (excludes halogenated alkanes) is 1. The van der Waals surface area contributed by atoms with E-state index >= 15 is 0 Å². The average Bonchev–Trinajstić information content (AvgIpc) is 2.44. The zero-order chi connectivity index (χ0) is 13.9. The Morgan fingerprint density at radius 1 is 1.16 bits per heavy atom. The van der Waals surface area contributed by atoms with E-state index in [9.17, 15) is 0 Å². The average molecular weight is 265 g/mol. The van der Waals surface area contributed by atoms with Crippen molar-refractivity contribution in [3.63, 3.8) is 0 Å². The minimum atomic E-state index is 0.473. The lowest BCUT2D eigenvalue weighted by Gasteiger charge is -2.13. The van der Waals surface area contributed by atoms with Crippen LogP contribution in [0.5, 0.6) is 5.75 Å². The number of ether oxygens (including phenoxy) is 2. The second-order valence-corrected chi connectivity index (χ2v) is 4.91. The minimum absolute atomic E-state index is 0.473. The van der Waals surface area contributed by atoms with Crippen molar-refractivity contribution in [3.8, 4) is 5.75 Å². The number of nitrogens with one attached hydrogen (secondary N) is 1. The van der Waals surface area contributed by atoms with Crippen molar-refractivity contribution >= 4 is 0 Å². The predicted octanol–water partition coefficient (Wildman–Crippen LogP) is 3.38. The molecule has 1 aromatic carbocycles. The summed E-state index contributed by atoms with van der Waals surface area (Å²) < 4.78 is 10.7. The first kappa shape index (κ1) is 16.0. The van der Waals surface area contributed by atoms with Crippen LogP contribution in [0.3, 0.4) is 0 Å². The summed E-state index contributed by atoms with van der Waals surface area (Å²) in [6, 6.07) is 8.81. The summed E-state index contributed by atoms with van der Waals surface area (Å²) >= 11 is 0. The van der Waals surface area contributed by atoms with Gasteiger partial charge in [0.05, 0.1) is 6.61 Å². The standard InChI is InChI=1S/C16H27NO2/c1-4-5-11-19-16-8-6-15(7-9-16)13-17-14(2)10-12-18-3/h6-9,14,17H,4-5,10-13H2,1-3H3. The van der Waals surface area contributed by atoms with Crippen LogP contribution in [-0.2, 0) is 11.3 Å². The Balaban J connectivity index is 2.27. The third-order valence-corrected chi connectivity index (χ3v) is 3.10. The Labute approximate surface area is 117 Å². The Bertz CT molecular complexity index is 324. The van der Waals surface area contributed by atoms with Crippen molar-refractivity contribution in [1.82, 2.24) is 5.32 Å². The van der Waals surface area contributed by atoms with Crippen LogP contribution in [0.1, 0.15) is 38.7 Å². The molecule has 1 atom stereocenters. The van der Waals surface area contributed by atoms with Crippen molar-refractivity contribution < 1.29 is 9.47 Å². The fourth-order valence-corrected chi connectivity index (χ4v) is 1.73. The smallest absolute Gasteiger partial charge is 0.119 e. The summed E-state index contributed by atoms with van der Waals surface area (Å²) in [5.74, 6) is 0.963. The molecule has 0 fully saturated rings. The molecule has 0 heterocycles. The van der Waals surface area contributed by atoms with Crippen LogP contribution < -0.4 is 10.1 Å². The number of hydrogen-bond donors (Lipinski definition) is 1. The molecule has 0 amide bonds. The van der Waals surface area contributed by atoms with E-state index in [0.29, 0.717) is 6.04 Å². The molecule has 1 aromatic rings. The van der Waals surface area contributed by atoms with Crippen LogP contribution in [0.25, 0.3) is 0 Å². The fourth-order valence-electron chi connectivity index (χ4n) is 1.73. The summed E-state index contributed by atoms with van der Waals surface area (Å²) in [7, 11) is 1.74. The quantitative estimate of drug-likeness (QED) is 0.658. The molecule has 0 saturated carbocycles. The summed E-state index contributed by atoms with van der Waals surface area (Å²) in [6.07, 6.45) is 3.32. The van der Waals surface area contributed by atoms with Crippen LogP contribution in [0.4, 0.5) is 0 Å². The molecule has 0 aromatic heterocycles. The number of methoxy groups -OCH3 is 1. The van der Waals surface area contributed by atoms with Gasteiger partial charge in [-0.3, -0.25) is 0 Å². The highest BCUT2D eigenvalue weighted by molar-refractivity contribution is 5.27. The molecule has 0 aliphatic carbocycles. The van der Waals surface area contributed by atoms with E-state index in [1.807, 2.05) is 12.1 Å². The van der Waals surface area contributed by atoms with Gasteiger partial charge in [-0.25, -0.2) is 0 Å². The van der Waals surface area contributed by atoms with Gasteiger partial charge in [-0.05, 0) is 37.5 Å². The van der Waals surface area contributed by atoms with E-state index in [1.165, 1.54) is 12.0 Å². The van der Waals surface area contributed by atoms with Gasteiger partial charge in [0.25, 0.3) is 0 Å². The number of hydrogen-bond acceptors (Lipinski definition) is 3. The molecule has 108 valence electrons. The Morgan fingerprint density at radius 3 is 2.53 bits per heavy atom. The van der Waals surface area contributed by atoms with Crippen molar-refractivity contribution in [2.24, 2.45) is 0 Å². The van der Waals surface area contributed by atoms with E-state index in [2.05, 4.69) is 31.3 Å². The molecule has 3 nitrogen and oxygen atoms in total. The lowest BCUT2D eigenvalue weighted by Crippen LogP contribution is -2.26. The third-order valence-electron chi connectivity index (χ3n) is 3.10. The summed E-state index contributed by atoms with van der Waals surface area (Å²) in [6.45, 7) is 6.85. The molecule has 1 N–H and O–H groups in total. The molecule has 1 rings (SSSR count). The van der Waals surface area contributed by atoms with Crippen LogP contribution in [-0.4, -0.2) is 26.4 Å². The van der Waals surface area contributed by atoms with Crippen LogP contribution in [0, 0.1) is 0 Å². The van der Waals surface area contributed by atoms with Crippen LogP contribution in [0.2, 0.25) is 0 Å². The van der Waals surface area contributed by atoms with Gasteiger partial charge >= 0.3 is 0 Å². The second kappa shape index (κ2) is 9.82. The Kier molecular flexibility index (Phi) is 8.26. The van der Waals surface area contributed by atoms with E-state index < -0.39 is 0 Å². The summed E-state index contributed by atoms with van der Waals surface area (Å²) in [5, 5.41) is 3.48. The van der Waals surface area contributed by atoms with Gasteiger partial charge in [-0.15, -0.1) is 0 Å². The highest BCUT2D eigenvalue weighted by Gasteiger charge is 2.01. The van der Waals surface area contributed by atoms with Crippen molar-refractivity contribution in [3.05, 3.63) is 29.8 Å². The zero-order valence-corrected chi connectivity index (χ0v) is 12.4. The topological polar surface area (TPSA) is 30.5 Å². The molecular weight excluding hydrogens is 238 g/mol. The van der Waals surface area contributed by atoms with E-state index in [4.69, 9.17) is 9.47 Å². The molecule has 0 saturated heterocycles. The largest absolute Gasteiger partial charge is 0.494 e. The normalized spacial score (nSPS) is 12.4. The minimum Gasteiger partial charge on any atom is -0.494 e. The summed E-state index contributed by atoms with van der Waals surface area (Å²) in [5.41, 5.74) is 1.28. The van der Waals surface area contributed by atoms with E-state index in [-0.39, 0.29) is 0 Å². The lowest BCUT2D eigenvalue weighted by molar-refractivity contribution is 0.184. The first-order valence-electron chi connectivity index (χ1n) is 7.20. The molecule has 0 aliphatic heterocycles. The highest BCUT2D eigenvalue weighted by atomic mass is 16.5. The zero-order valence-electron chi connectivity index (χ0n) is 12.4. The maximum absolute atomic E-state index is 5.64. The molecule has 19 heavy (non-hydrogen) atoms. The van der Waals surface area contributed by atoms with Crippen LogP contribution >= 0.6 is 0 Å². The monoisotopic (exact) mass is 265 g/mol. The van der Waals surface area contributed by atoms with Crippen molar-refractivity contribution in [2.75, 3.05) is 20.3 Å². The lowest BCUT2D eigenvalue weighted by atomic mass is 10.2. The molecule has 0 spiro atoms. The third kappa shape index (κ3) is 7.19. The SMILES string of the molecule is CCCCOc1ccc(CNC(C)CCOC)cc1. The van der Waals surface area contributed by atoms with Gasteiger partial charge < -0.3 is 14.8 Å². The van der Waals surface area contributed by atoms with Gasteiger partial charge in [0.15, 0.2) is 0 Å². The summed E-state index contributed by atoms with van der Waals surface area (Å²) in [4.78, 5) is 0. The second-order valence-electron chi connectivity index (χ2n) is 4.91. The van der Waals surface area contributed by atoms with Crippen molar-refractivity contribution in [1.29, 1.82) is 0 Å². The van der Waals surface area contributed by atoms with Gasteiger partial charge in [0.2, 0.25) is 0 Å². The molecule has 0 radical (unpaired) electrons. The Morgan fingerprint density at radius 2 is 1.89 bits per heavy atom. The molecule has 3 heteroatoms. The van der Waals surface area contributed by atoms with Gasteiger partial charge in [0.1, 0.15) is 5.75 Å². The van der Waals surface area contributed by atoms with Gasteiger partial charge in [0, 0.05) is 26.3 Å². The Hall–Kier alpha value is -1.06. The van der Waals surface area contributed by atoms with Gasteiger partial charge in [-0.2, -0.15) is 0 Å². The maximum atomic E-state index is 5.64. The van der Waals surface area contributed by atoms with Gasteiger partial charge in [-0.1, -0.05) is 25.5 Å². The first-order valence-corrected chi connectivity index (χ1v) is 7.20. The molecular formula is C16H27NO2. The van der Waals surface area contributed by atoms with E-state index in [0.717, 1.165) is 38.3 Å². The predicted molar refractivity (Wildman–Crippen MR) is 79.6 cm³/mol. The number of rotatable bonds is 10. The van der Waals surface area contributed by atoms with Crippen molar-refractivity contribution in [2.45, 2.75) is 45.7 Å².